The van der Waals surface area contributed by atoms with Crippen LogP contribution in [0.4, 0.5) is 0 Å². The van der Waals surface area contributed by atoms with Gasteiger partial charge in [0.05, 0.1) is 12.1 Å². The van der Waals surface area contributed by atoms with E-state index in [2.05, 4.69) is 55.0 Å². The molecule has 0 unspecified atom stereocenters. The van der Waals surface area contributed by atoms with Gasteiger partial charge in [-0.2, -0.15) is 0 Å². The van der Waals surface area contributed by atoms with Gasteiger partial charge in [0.15, 0.2) is 11.8 Å². The van der Waals surface area contributed by atoms with E-state index in [-0.39, 0.29) is 12.1 Å². The van der Waals surface area contributed by atoms with Crippen molar-refractivity contribution in [3.8, 4) is 0 Å². The Kier molecular flexibility index (Phi) is 3.70. The average molecular weight is 286 g/mol. The van der Waals surface area contributed by atoms with Crippen LogP contribution in [0.2, 0.25) is 0 Å². The topological polar surface area (TPSA) is 43.2 Å². The Balaban J connectivity index is 1.95. The number of hydrogen-bond donors (Lipinski definition) is 0. The van der Waals surface area contributed by atoms with Crippen LogP contribution in [0.3, 0.4) is 0 Å². The van der Waals surface area contributed by atoms with Crippen molar-refractivity contribution >= 4 is 11.8 Å². The maximum absolute atomic E-state index is 5.84. The molecule has 2 heterocycles. The van der Waals surface area contributed by atoms with E-state index >= 15 is 0 Å². The van der Waals surface area contributed by atoms with Crippen LogP contribution in [-0.2, 0) is 15.9 Å². The van der Waals surface area contributed by atoms with Gasteiger partial charge in [0, 0.05) is 0 Å². The molecule has 0 amide bonds. The molecule has 0 saturated heterocycles. The number of rotatable bonds is 4. The Hall–Kier alpha value is -1.84. The number of hydrogen-bond acceptors (Lipinski definition) is 4. The van der Waals surface area contributed by atoms with Crippen molar-refractivity contribution in [3.63, 3.8) is 0 Å². The summed E-state index contributed by atoms with van der Waals surface area (Å²) in [6.45, 7) is 7.53. The summed E-state index contributed by atoms with van der Waals surface area (Å²) in [7, 11) is 0. The third kappa shape index (κ3) is 2.80. The third-order valence-corrected chi connectivity index (χ3v) is 3.94. The minimum atomic E-state index is -0.420. The molecule has 0 aromatic heterocycles. The van der Waals surface area contributed by atoms with E-state index < -0.39 is 5.41 Å². The summed E-state index contributed by atoms with van der Waals surface area (Å²) >= 11 is 0. The lowest BCUT2D eigenvalue weighted by Crippen LogP contribution is -2.39. The highest BCUT2D eigenvalue weighted by Crippen LogP contribution is 2.33. The highest BCUT2D eigenvalue weighted by atomic mass is 16.5. The second-order valence-corrected chi connectivity index (χ2v) is 6.18. The van der Waals surface area contributed by atoms with Crippen molar-refractivity contribution in [2.24, 2.45) is 15.4 Å². The predicted molar refractivity (Wildman–Crippen MR) is 84.0 cm³/mol. The fraction of sp³-hybridized carbons (Fsp3) is 0.529. The zero-order chi connectivity index (χ0) is 14.9. The van der Waals surface area contributed by atoms with Gasteiger partial charge >= 0.3 is 0 Å². The van der Waals surface area contributed by atoms with Gasteiger partial charge in [0.2, 0.25) is 0 Å². The Morgan fingerprint density at radius 2 is 1.52 bits per heavy atom. The van der Waals surface area contributed by atoms with Gasteiger partial charge in [-0.3, -0.25) is 0 Å². The monoisotopic (exact) mass is 286 g/mol. The molecule has 2 atom stereocenters. The molecule has 2 aliphatic heterocycles. The maximum atomic E-state index is 5.84. The second-order valence-electron chi connectivity index (χ2n) is 6.18. The van der Waals surface area contributed by atoms with Crippen molar-refractivity contribution in [3.05, 3.63) is 35.9 Å². The average Bonchev–Trinajstić information content (AvgIpc) is 3.09. The van der Waals surface area contributed by atoms with E-state index in [1.54, 1.807) is 0 Å². The van der Waals surface area contributed by atoms with Crippen LogP contribution >= 0.6 is 0 Å². The van der Waals surface area contributed by atoms with Crippen LogP contribution in [0.25, 0.3) is 0 Å². The summed E-state index contributed by atoms with van der Waals surface area (Å²) in [6.07, 6.45) is 0.783. The van der Waals surface area contributed by atoms with Gasteiger partial charge in [-0.05, 0) is 32.8 Å². The zero-order valence-corrected chi connectivity index (χ0v) is 12.9. The maximum Gasteiger partial charge on any atom is 0.199 e. The van der Waals surface area contributed by atoms with E-state index in [1.807, 2.05) is 6.07 Å². The molecule has 0 radical (unpaired) electrons. The molecular weight excluding hydrogens is 264 g/mol. The Morgan fingerprint density at radius 3 is 1.95 bits per heavy atom. The Labute approximate surface area is 125 Å². The molecule has 0 aliphatic carbocycles. The van der Waals surface area contributed by atoms with Crippen molar-refractivity contribution in [1.82, 2.24) is 0 Å². The summed E-state index contributed by atoms with van der Waals surface area (Å²) in [5.74, 6) is 1.51. The van der Waals surface area contributed by atoms with Crippen LogP contribution in [0.5, 0.6) is 0 Å². The first-order chi connectivity index (χ1) is 10.1. The smallest absolute Gasteiger partial charge is 0.199 e. The SMILES string of the molecule is C[C@H]1COC(C(C)(Cc2ccccc2)C2=N[C@@H](C)CO2)=N1. The molecule has 3 rings (SSSR count). The molecule has 0 spiro atoms. The summed E-state index contributed by atoms with van der Waals surface area (Å²) in [6, 6.07) is 10.8. The first kappa shape index (κ1) is 14.1. The van der Waals surface area contributed by atoms with Crippen molar-refractivity contribution < 1.29 is 9.47 Å². The van der Waals surface area contributed by atoms with E-state index in [9.17, 15) is 0 Å². The summed E-state index contributed by atoms with van der Waals surface area (Å²) in [5, 5.41) is 0. The molecule has 0 bridgehead atoms. The van der Waals surface area contributed by atoms with Gasteiger partial charge in [-0.15, -0.1) is 0 Å². The summed E-state index contributed by atoms with van der Waals surface area (Å²) in [5.41, 5.74) is 0.813. The molecular formula is C17H22N2O2. The van der Waals surface area contributed by atoms with E-state index in [1.165, 1.54) is 5.56 Å². The molecule has 1 aromatic carbocycles. The lowest BCUT2D eigenvalue weighted by molar-refractivity contribution is 0.260. The summed E-state index contributed by atoms with van der Waals surface area (Å²) < 4.78 is 11.7. The number of nitrogens with zero attached hydrogens (tertiary/aromatic N) is 2. The standard InChI is InChI=1S/C17H22N2O2/c1-12-10-20-15(18-12)17(3,16-19-13(2)11-21-16)9-14-7-5-4-6-8-14/h4-8,12-13H,9-11H2,1-3H3/t12-,13-/m0/s1. The van der Waals surface area contributed by atoms with Gasteiger partial charge in [-0.25, -0.2) is 9.98 Å². The molecule has 0 fully saturated rings. The fourth-order valence-electron chi connectivity index (χ4n) is 2.80. The van der Waals surface area contributed by atoms with E-state index in [4.69, 9.17) is 9.47 Å². The molecule has 1 aromatic rings. The first-order valence-corrected chi connectivity index (χ1v) is 7.54. The normalized spacial score (nSPS) is 25.1. The second kappa shape index (κ2) is 5.51. The number of benzene rings is 1. The van der Waals surface area contributed by atoms with Crippen LogP contribution < -0.4 is 0 Å². The third-order valence-electron chi connectivity index (χ3n) is 3.94. The molecule has 0 N–H and O–H groups in total. The van der Waals surface area contributed by atoms with Gasteiger partial charge in [-0.1, -0.05) is 30.3 Å². The van der Waals surface area contributed by atoms with Gasteiger partial charge in [0.1, 0.15) is 18.6 Å². The predicted octanol–water partition coefficient (Wildman–Crippen LogP) is 2.87. The van der Waals surface area contributed by atoms with Crippen molar-refractivity contribution in [1.29, 1.82) is 0 Å². The zero-order valence-electron chi connectivity index (χ0n) is 12.9. The Morgan fingerprint density at radius 1 is 1.00 bits per heavy atom. The molecule has 2 aliphatic rings. The van der Waals surface area contributed by atoms with Gasteiger partial charge in [0.25, 0.3) is 0 Å². The highest BCUT2D eigenvalue weighted by molar-refractivity contribution is 6.06. The van der Waals surface area contributed by atoms with Crippen LogP contribution in [0.15, 0.2) is 40.3 Å². The van der Waals surface area contributed by atoms with Crippen LogP contribution in [0, 0.1) is 5.41 Å². The summed E-state index contributed by atoms with van der Waals surface area (Å²) in [4.78, 5) is 9.32. The van der Waals surface area contributed by atoms with E-state index in [0.29, 0.717) is 13.2 Å². The molecule has 112 valence electrons. The Bertz CT molecular complexity index is 537. The number of ether oxygens (including phenoxy) is 2. The van der Waals surface area contributed by atoms with Crippen LogP contribution in [0.1, 0.15) is 26.3 Å². The van der Waals surface area contributed by atoms with E-state index in [0.717, 1.165) is 18.2 Å². The van der Waals surface area contributed by atoms with Crippen LogP contribution in [-0.4, -0.2) is 37.1 Å². The van der Waals surface area contributed by atoms with Gasteiger partial charge < -0.3 is 9.47 Å². The molecule has 0 saturated carbocycles. The molecule has 4 nitrogen and oxygen atoms in total. The molecule has 21 heavy (non-hydrogen) atoms. The lowest BCUT2D eigenvalue weighted by atomic mass is 9.82. The number of aliphatic imine (C=N–C) groups is 2. The van der Waals surface area contributed by atoms with Crippen molar-refractivity contribution in [2.75, 3.05) is 13.2 Å². The first-order valence-electron chi connectivity index (χ1n) is 7.54. The molecule has 4 heteroatoms. The minimum Gasteiger partial charge on any atom is -0.478 e. The van der Waals surface area contributed by atoms with Crippen molar-refractivity contribution in [2.45, 2.75) is 39.3 Å². The quantitative estimate of drug-likeness (QED) is 0.854. The largest absolute Gasteiger partial charge is 0.478 e. The lowest BCUT2D eigenvalue weighted by Gasteiger charge is -2.28. The minimum absolute atomic E-state index is 0.203. The fourth-order valence-corrected chi connectivity index (χ4v) is 2.80. The highest BCUT2D eigenvalue weighted by Gasteiger charge is 2.44.